The third-order valence-electron chi connectivity index (χ3n) is 9.91. The van der Waals surface area contributed by atoms with Crippen LogP contribution in [0.25, 0.3) is 0 Å². The topological polar surface area (TPSA) is 108 Å². The van der Waals surface area contributed by atoms with Crippen LogP contribution in [0.4, 0.5) is 0 Å². The quantitative estimate of drug-likeness (QED) is 0.0214. The smallest absolute Gasteiger partial charge is 0.361 e. The number of hydrogen-bond donors (Lipinski definition) is 1. The van der Waals surface area contributed by atoms with Crippen LogP contribution in [-0.4, -0.2) is 87.4 Å². The highest BCUT2D eigenvalue weighted by Crippen LogP contribution is 2.15. The number of ether oxygens (including phenoxy) is 4. The van der Waals surface area contributed by atoms with Crippen LogP contribution < -0.4 is 0 Å². The van der Waals surface area contributed by atoms with Crippen molar-refractivity contribution in [2.45, 2.75) is 206 Å². The minimum absolute atomic E-state index is 0.182. The van der Waals surface area contributed by atoms with E-state index in [2.05, 4.69) is 50.3 Å². The number of nitrogens with zero attached hydrogens (tertiary/aromatic N) is 1. The Hall–Kier alpha value is -2.49. The van der Waals surface area contributed by atoms with E-state index in [-0.39, 0.29) is 32.2 Å². The molecule has 9 heteroatoms. The number of likely N-dealkylation sites (N-methyl/N-ethyl adjacent to an activating group) is 1. The van der Waals surface area contributed by atoms with Gasteiger partial charge in [-0.15, -0.1) is 0 Å². The summed E-state index contributed by atoms with van der Waals surface area (Å²) in [5.74, 6) is -2.04. The van der Waals surface area contributed by atoms with Gasteiger partial charge in [0, 0.05) is 12.8 Å². The second-order valence-electron chi connectivity index (χ2n) is 16.7. The highest BCUT2D eigenvalue weighted by Gasteiger charge is 2.25. The summed E-state index contributed by atoms with van der Waals surface area (Å²) < 4.78 is 22.7. The van der Waals surface area contributed by atoms with Crippen LogP contribution in [0, 0.1) is 0 Å². The third kappa shape index (κ3) is 41.5. The van der Waals surface area contributed by atoms with Crippen LogP contribution in [-0.2, 0) is 33.3 Å². The van der Waals surface area contributed by atoms with Gasteiger partial charge in [-0.1, -0.05) is 172 Å². The van der Waals surface area contributed by atoms with Gasteiger partial charge in [0.2, 0.25) is 0 Å². The number of carbonyl (C=O) groups excluding carboxylic acids is 2. The molecule has 0 heterocycles. The fourth-order valence-corrected chi connectivity index (χ4v) is 6.32. The largest absolute Gasteiger partial charge is 0.477 e. The second-order valence-corrected chi connectivity index (χ2v) is 16.7. The summed E-state index contributed by atoms with van der Waals surface area (Å²) in [6.45, 7) is 4.73. The van der Waals surface area contributed by atoms with E-state index in [1.165, 1.54) is 103 Å². The minimum atomic E-state index is -1.51. The Bertz CT molecular complexity index is 1030. The summed E-state index contributed by atoms with van der Waals surface area (Å²) in [6, 6.07) is 0. The lowest BCUT2D eigenvalue weighted by atomic mass is 10.0. The maximum atomic E-state index is 12.7. The first kappa shape index (κ1) is 54.5. The predicted molar refractivity (Wildman–Crippen MR) is 235 cm³/mol. The summed E-state index contributed by atoms with van der Waals surface area (Å²) in [5, 5.41) is 9.63. The molecule has 2 atom stereocenters. The fourth-order valence-electron chi connectivity index (χ4n) is 6.32. The van der Waals surface area contributed by atoms with Gasteiger partial charge in [-0.2, -0.15) is 0 Å². The Morgan fingerprint density at radius 2 is 1.00 bits per heavy atom. The van der Waals surface area contributed by atoms with Crippen molar-refractivity contribution in [2.75, 3.05) is 47.5 Å². The van der Waals surface area contributed by atoms with E-state index in [0.717, 1.165) is 57.8 Å². The van der Waals surface area contributed by atoms with Crippen LogP contribution in [0.1, 0.15) is 194 Å². The number of carbonyl (C=O) groups is 3. The van der Waals surface area contributed by atoms with E-state index < -0.39 is 24.3 Å². The van der Waals surface area contributed by atoms with E-state index in [1.54, 1.807) is 0 Å². The van der Waals surface area contributed by atoms with Gasteiger partial charge in [-0.05, 0) is 44.9 Å². The lowest BCUT2D eigenvalue weighted by Gasteiger charge is -2.25. The van der Waals surface area contributed by atoms with Crippen molar-refractivity contribution in [2.24, 2.45) is 0 Å². The van der Waals surface area contributed by atoms with Crippen molar-refractivity contribution in [3.05, 3.63) is 36.5 Å². The molecule has 0 amide bonds. The third-order valence-corrected chi connectivity index (χ3v) is 9.91. The van der Waals surface area contributed by atoms with Gasteiger partial charge in [0.05, 0.1) is 34.4 Å². The number of hydrogen-bond acceptors (Lipinski definition) is 7. The zero-order valence-electron chi connectivity index (χ0n) is 37.5. The molecule has 57 heavy (non-hydrogen) atoms. The number of carboxylic acids is 1. The molecule has 0 aliphatic carbocycles. The first-order chi connectivity index (χ1) is 27.6. The van der Waals surface area contributed by atoms with Crippen molar-refractivity contribution < 1.29 is 42.9 Å². The number of allylic oxidation sites excluding steroid dienone is 6. The zero-order valence-corrected chi connectivity index (χ0v) is 37.5. The second kappa shape index (κ2) is 40.3. The van der Waals surface area contributed by atoms with Gasteiger partial charge in [-0.3, -0.25) is 9.59 Å². The summed E-state index contributed by atoms with van der Waals surface area (Å²) in [7, 11) is 5.94. The van der Waals surface area contributed by atoms with Crippen molar-refractivity contribution in [3.8, 4) is 0 Å². The Kier molecular flexibility index (Phi) is 38.5. The maximum Gasteiger partial charge on any atom is 0.361 e. The Balaban J connectivity index is 4.38. The van der Waals surface area contributed by atoms with Crippen LogP contribution in [0.3, 0.4) is 0 Å². The van der Waals surface area contributed by atoms with Crippen molar-refractivity contribution in [1.29, 1.82) is 0 Å². The standard InChI is InChI=1S/C48H87NO8/c1-6-8-10-12-14-16-18-20-21-22-23-24-25-27-28-30-32-34-36-38-45(50)55-42-44(43-56-48(47(52)53)54-41-40-49(3,4)5)57-46(51)39-37-35-33-31-29-26-19-17-15-13-11-9-7-2/h9,11,15,17,26,29,44,48H,6-8,10,12-14,16,18-25,27-28,30-43H2,1-5H3/p+1/b11-9-,17-15-,29-26-. The van der Waals surface area contributed by atoms with Crippen molar-refractivity contribution in [3.63, 3.8) is 0 Å². The van der Waals surface area contributed by atoms with Crippen LogP contribution in [0.15, 0.2) is 36.5 Å². The van der Waals surface area contributed by atoms with Crippen molar-refractivity contribution in [1.82, 2.24) is 0 Å². The number of rotatable bonds is 42. The molecule has 1 N–H and O–H groups in total. The maximum absolute atomic E-state index is 12.7. The molecule has 0 saturated heterocycles. The molecule has 0 aliphatic heterocycles. The van der Waals surface area contributed by atoms with E-state index in [1.807, 2.05) is 21.1 Å². The average Bonchev–Trinajstić information content (AvgIpc) is 3.17. The summed E-state index contributed by atoms with van der Waals surface area (Å²) in [4.78, 5) is 37.1. The normalized spacial score (nSPS) is 13.2. The predicted octanol–water partition coefficient (Wildman–Crippen LogP) is 12.2. The molecular formula is C48H88NO8+. The number of carboxylic acid groups (broad SMARTS) is 1. The number of esters is 2. The zero-order chi connectivity index (χ0) is 42.1. The van der Waals surface area contributed by atoms with Gasteiger partial charge >= 0.3 is 17.9 Å². The molecule has 0 aliphatic rings. The van der Waals surface area contributed by atoms with Crippen molar-refractivity contribution >= 4 is 17.9 Å². The van der Waals surface area contributed by atoms with E-state index in [9.17, 15) is 19.5 Å². The molecule has 0 aromatic heterocycles. The molecule has 0 radical (unpaired) electrons. The summed E-state index contributed by atoms with van der Waals surface area (Å²) in [5.41, 5.74) is 0. The molecule has 2 unspecified atom stereocenters. The Morgan fingerprint density at radius 3 is 1.49 bits per heavy atom. The molecule has 0 saturated carbocycles. The van der Waals surface area contributed by atoms with Crippen LogP contribution in [0.2, 0.25) is 0 Å². The highest BCUT2D eigenvalue weighted by molar-refractivity contribution is 5.71. The molecule has 0 bridgehead atoms. The monoisotopic (exact) mass is 807 g/mol. The molecule has 0 fully saturated rings. The number of quaternary nitrogens is 1. The lowest BCUT2D eigenvalue weighted by molar-refractivity contribution is -0.870. The Morgan fingerprint density at radius 1 is 0.544 bits per heavy atom. The van der Waals surface area contributed by atoms with Gasteiger partial charge in [0.15, 0.2) is 6.10 Å². The lowest BCUT2D eigenvalue weighted by Crippen LogP contribution is -2.40. The molecule has 0 spiro atoms. The van der Waals surface area contributed by atoms with E-state index in [0.29, 0.717) is 23.9 Å². The molecule has 332 valence electrons. The minimum Gasteiger partial charge on any atom is -0.477 e. The molecule has 0 rings (SSSR count). The van der Waals surface area contributed by atoms with Gasteiger partial charge in [0.1, 0.15) is 13.2 Å². The molecular weight excluding hydrogens is 719 g/mol. The summed E-state index contributed by atoms with van der Waals surface area (Å²) >= 11 is 0. The first-order valence-electron chi connectivity index (χ1n) is 23.2. The average molecular weight is 807 g/mol. The molecule has 9 nitrogen and oxygen atoms in total. The van der Waals surface area contributed by atoms with Gasteiger partial charge in [-0.25, -0.2) is 4.79 Å². The molecule has 0 aromatic rings. The first-order valence-corrected chi connectivity index (χ1v) is 23.2. The highest BCUT2D eigenvalue weighted by atomic mass is 16.7. The Labute approximate surface area is 350 Å². The van der Waals surface area contributed by atoms with Crippen LogP contribution >= 0.6 is 0 Å². The van der Waals surface area contributed by atoms with Crippen LogP contribution in [0.5, 0.6) is 0 Å². The fraction of sp³-hybridized carbons (Fsp3) is 0.812. The number of aliphatic carboxylic acids is 1. The van der Waals surface area contributed by atoms with E-state index in [4.69, 9.17) is 18.9 Å². The van der Waals surface area contributed by atoms with Gasteiger partial charge < -0.3 is 28.5 Å². The van der Waals surface area contributed by atoms with E-state index >= 15 is 0 Å². The molecule has 0 aromatic carbocycles. The number of unbranched alkanes of at least 4 members (excludes halogenated alkanes) is 21. The SMILES string of the molecule is CC/C=C\C/C=C\C/C=C\CCCCCC(=O)OC(COC(=O)CCCCCCCCCCCCCCCCCCCCC)COC(OCC[N+](C)(C)C)C(=O)O. The van der Waals surface area contributed by atoms with Gasteiger partial charge in [0.25, 0.3) is 6.29 Å². The summed E-state index contributed by atoms with van der Waals surface area (Å²) in [6.07, 6.45) is 42.1.